The van der Waals surface area contributed by atoms with Crippen LogP contribution in [0.3, 0.4) is 0 Å². The van der Waals surface area contributed by atoms with E-state index in [2.05, 4.69) is 10.2 Å². The van der Waals surface area contributed by atoms with Crippen molar-refractivity contribution in [3.63, 3.8) is 0 Å². The van der Waals surface area contributed by atoms with Gasteiger partial charge in [-0.15, -0.1) is 0 Å². The minimum absolute atomic E-state index is 0.0439. The maximum absolute atomic E-state index is 13.5. The Labute approximate surface area is 221 Å². The number of nitrogens with one attached hydrogen (secondary N) is 1. The maximum atomic E-state index is 13.5. The molecule has 1 aliphatic heterocycles. The lowest BCUT2D eigenvalue weighted by atomic mass is 9.91. The van der Waals surface area contributed by atoms with Crippen LogP contribution < -0.4 is 11.1 Å². The molecule has 0 bridgehead atoms. The van der Waals surface area contributed by atoms with E-state index in [9.17, 15) is 24.1 Å². The lowest BCUT2D eigenvalue weighted by Gasteiger charge is -2.30. The predicted octanol–water partition coefficient (Wildman–Crippen LogP) is 3.37. The zero-order chi connectivity index (χ0) is 26.8. The monoisotopic (exact) mass is 523 g/mol. The lowest BCUT2D eigenvalue weighted by Crippen LogP contribution is -2.50. The third kappa shape index (κ3) is 6.02. The van der Waals surface area contributed by atoms with Gasteiger partial charge in [-0.3, -0.25) is 24.6 Å². The number of non-ortho nitro benzene ring substituents is 1. The van der Waals surface area contributed by atoms with Crippen molar-refractivity contribution < 1.29 is 18.9 Å². The Morgan fingerprint density at radius 3 is 2.26 bits per heavy atom. The van der Waals surface area contributed by atoms with Gasteiger partial charge in [-0.1, -0.05) is 12.1 Å². The van der Waals surface area contributed by atoms with E-state index in [0.29, 0.717) is 31.1 Å². The topological polar surface area (TPSA) is 122 Å². The Hall–Kier alpha value is -3.37. The van der Waals surface area contributed by atoms with E-state index in [-0.39, 0.29) is 35.6 Å². The lowest BCUT2D eigenvalue weighted by molar-refractivity contribution is -0.384. The number of carbonyl (C=O) groups excluding carboxylic acids is 2. The van der Waals surface area contributed by atoms with E-state index in [1.165, 1.54) is 36.4 Å². The van der Waals surface area contributed by atoms with E-state index in [1.807, 2.05) is 0 Å². The van der Waals surface area contributed by atoms with Gasteiger partial charge in [0, 0.05) is 55.0 Å². The number of hydrogen-bond donors (Lipinski definition) is 2. The van der Waals surface area contributed by atoms with Crippen molar-refractivity contribution in [2.75, 3.05) is 6.54 Å². The number of nitro groups is 1. The summed E-state index contributed by atoms with van der Waals surface area (Å²) in [6.45, 7) is 0.966. The Balaban J connectivity index is 1.35. The van der Waals surface area contributed by atoms with Crippen LogP contribution in [-0.2, 0) is 11.3 Å². The standard InChI is InChI=1S/C28H34FN5O4/c29-20-5-3-19(4-6-20)28(36)33-17-25(15-26(33)27(35)31-22-9-7-21(30)8-10-22)32(23-13-14-23)16-18-1-11-24(12-2-18)34(37)38/h1-6,11-12,21-23,25-26H,7-10,13-17,30H2,(H,31,35). The highest BCUT2D eigenvalue weighted by molar-refractivity contribution is 5.98. The van der Waals surface area contributed by atoms with Crippen molar-refractivity contribution >= 4 is 17.5 Å². The first kappa shape index (κ1) is 26.2. The molecule has 2 amide bonds. The van der Waals surface area contributed by atoms with E-state index in [0.717, 1.165) is 44.1 Å². The summed E-state index contributed by atoms with van der Waals surface area (Å²) in [5, 5.41) is 14.2. The molecule has 1 saturated heterocycles. The molecule has 0 spiro atoms. The Morgan fingerprint density at radius 1 is 1.00 bits per heavy atom. The smallest absolute Gasteiger partial charge is 0.269 e. The zero-order valence-electron chi connectivity index (χ0n) is 21.3. The molecule has 10 heteroatoms. The van der Waals surface area contributed by atoms with E-state index >= 15 is 0 Å². The molecule has 38 heavy (non-hydrogen) atoms. The summed E-state index contributed by atoms with van der Waals surface area (Å²) in [6, 6.07) is 11.9. The molecule has 2 aliphatic carbocycles. The van der Waals surface area contributed by atoms with Gasteiger partial charge in [0.2, 0.25) is 5.91 Å². The molecule has 0 aromatic heterocycles. The van der Waals surface area contributed by atoms with Crippen molar-refractivity contribution in [2.24, 2.45) is 5.73 Å². The number of nitro benzene ring substituents is 1. The summed E-state index contributed by atoms with van der Waals surface area (Å²) in [7, 11) is 0. The number of nitrogens with two attached hydrogens (primary N) is 1. The summed E-state index contributed by atoms with van der Waals surface area (Å²) < 4.78 is 13.5. The summed E-state index contributed by atoms with van der Waals surface area (Å²) in [5.74, 6) is -0.868. The molecule has 3 aliphatic rings. The number of halogens is 1. The molecule has 1 heterocycles. The molecule has 0 radical (unpaired) electrons. The summed E-state index contributed by atoms with van der Waals surface area (Å²) in [5.41, 5.74) is 7.37. The number of rotatable bonds is 8. The van der Waals surface area contributed by atoms with Gasteiger partial charge in [0.25, 0.3) is 11.6 Å². The van der Waals surface area contributed by atoms with Crippen LogP contribution in [-0.4, -0.2) is 63.3 Å². The summed E-state index contributed by atoms with van der Waals surface area (Å²) >= 11 is 0. The normalized spacial score (nSPS) is 25.4. The van der Waals surface area contributed by atoms with Gasteiger partial charge in [0.05, 0.1) is 4.92 Å². The van der Waals surface area contributed by atoms with E-state index in [4.69, 9.17) is 5.73 Å². The molecular formula is C28H34FN5O4. The average Bonchev–Trinajstić information content (AvgIpc) is 3.66. The largest absolute Gasteiger partial charge is 0.352 e. The summed E-state index contributed by atoms with van der Waals surface area (Å²) in [6.07, 6.45) is 5.94. The minimum atomic E-state index is -0.633. The fourth-order valence-electron chi connectivity index (χ4n) is 5.74. The molecule has 5 rings (SSSR count). The van der Waals surface area contributed by atoms with Crippen LogP contribution in [0, 0.1) is 15.9 Å². The third-order valence-corrected chi connectivity index (χ3v) is 8.05. The minimum Gasteiger partial charge on any atom is -0.352 e. The van der Waals surface area contributed by atoms with Crippen LogP contribution in [0.1, 0.15) is 60.9 Å². The second-order valence-corrected chi connectivity index (χ2v) is 10.8. The van der Waals surface area contributed by atoms with Crippen LogP contribution >= 0.6 is 0 Å². The molecule has 2 saturated carbocycles. The molecule has 3 N–H and O–H groups in total. The average molecular weight is 524 g/mol. The van der Waals surface area contributed by atoms with Crippen molar-refractivity contribution in [3.8, 4) is 0 Å². The highest BCUT2D eigenvalue weighted by atomic mass is 19.1. The van der Waals surface area contributed by atoms with E-state index in [1.54, 1.807) is 17.0 Å². The first-order valence-electron chi connectivity index (χ1n) is 13.4. The maximum Gasteiger partial charge on any atom is 0.269 e. The second kappa shape index (κ2) is 11.2. The zero-order valence-corrected chi connectivity index (χ0v) is 21.3. The number of carbonyl (C=O) groups is 2. The second-order valence-electron chi connectivity index (χ2n) is 10.8. The van der Waals surface area contributed by atoms with Crippen LogP contribution in [0.4, 0.5) is 10.1 Å². The van der Waals surface area contributed by atoms with Crippen LogP contribution in [0.5, 0.6) is 0 Å². The Kier molecular flexibility index (Phi) is 7.71. The molecule has 3 fully saturated rings. The van der Waals surface area contributed by atoms with Gasteiger partial charge < -0.3 is 16.0 Å². The van der Waals surface area contributed by atoms with E-state index < -0.39 is 16.8 Å². The van der Waals surface area contributed by atoms with Crippen molar-refractivity contribution in [1.82, 2.24) is 15.1 Å². The quantitative estimate of drug-likeness (QED) is 0.404. The highest BCUT2D eigenvalue weighted by Gasteiger charge is 2.45. The Bertz CT molecular complexity index is 1160. The Morgan fingerprint density at radius 2 is 1.66 bits per heavy atom. The van der Waals surface area contributed by atoms with Crippen LogP contribution in [0.25, 0.3) is 0 Å². The molecule has 2 unspecified atom stereocenters. The SMILES string of the molecule is NC1CCC(NC(=O)C2CC(N(Cc3ccc([N+](=O)[O-])cc3)C3CC3)CN2C(=O)c2ccc(F)cc2)CC1. The van der Waals surface area contributed by atoms with Gasteiger partial charge >= 0.3 is 0 Å². The first-order chi connectivity index (χ1) is 18.3. The fourth-order valence-corrected chi connectivity index (χ4v) is 5.74. The third-order valence-electron chi connectivity index (χ3n) is 8.05. The number of amides is 2. The first-order valence-corrected chi connectivity index (χ1v) is 13.4. The van der Waals surface area contributed by atoms with Gasteiger partial charge in [-0.05, 0) is 74.8 Å². The number of hydrogen-bond acceptors (Lipinski definition) is 6. The number of nitrogens with zero attached hydrogens (tertiary/aromatic N) is 3. The predicted molar refractivity (Wildman–Crippen MR) is 140 cm³/mol. The van der Waals surface area contributed by atoms with Gasteiger partial charge in [0.1, 0.15) is 11.9 Å². The molecule has 2 aromatic rings. The van der Waals surface area contributed by atoms with Gasteiger partial charge in [-0.2, -0.15) is 0 Å². The number of likely N-dealkylation sites (tertiary alicyclic amines) is 1. The summed E-state index contributed by atoms with van der Waals surface area (Å²) in [4.78, 5) is 41.7. The van der Waals surface area contributed by atoms with Crippen molar-refractivity contribution in [2.45, 2.75) is 81.7 Å². The molecule has 202 valence electrons. The van der Waals surface area contributed by atoms with Crippen molar-refractivity contribution in [1.29, 1.82) is 0 Å². The highest BCUT2D eigenvalue weighted by Crippen LogP contribution is 2.35. The van der Waals surface area contributed by atoms with Crippen LogP contribution in [0.2, 0.25) is 0 Å². The molecular weight excluding hydrogens is 489 g/mol. The molecule has 9 nitrogen and oxygen atoms in total. The van der Waals surface area contributed by atoms with Gasteiger partial charge in [-0.25, -0.2) is 4.39 Å². The van der Waals surface area contributed by atoms with Crippen LogP contribution in [0.15, 0.2) is 48.5 Å². The molecule has 2 atom stereocenters. The van der Waals surface area contributed by atoms with Gasteiger partial charge in [0.15, 0.2) is 0 Å². The van der Waals surface area contributed by atoms with Crippen molar-refractivity contribution in [3.05, 3.63) is 75.6 Å². The molecule has 2 aromatic carbocycles. The number of benzene rings is 2. The fraction of sp³-hybridized carbons (Fsp3) is 0.500.